The summed E-state index contributed by atoms with van der Waals surface area (Å²) in [7, 11) is 0. The van der Waals surface area contributed by atoms with Crippen molar-refractivity contribution in [1.82, 2.24) is 4.98 Å². The Morgan fingerprint density at radius 3 is 2.60 bits per heavy atom. The SMILES string of the molecule is CC(C)CC(N)Cc1ncc(Cl)cc1Cl. The van der Waals surface area contributed by atoms with Gasteiger partial charge in [-0.05, 0) is 18.4 Å². The molecule has 0 aromatic carbocycles. The van der Waals surface area contributed by atoms with E-state index in [4.69, 9.17) is 28.9 Å². The molecule has 1 aromatic rings. The van der Waals surface area contributed by atoms with Crippen LogP contribution in [0.5, 0.6) is 0 Å². The molecule has 0 aliphatic carbocycles. The van der Waals surface area contributed by atoms with Crippen LogP contribution in [0.4, 0.5) is 0 Å². The summed E-state index contributed by atoms with van der Waals surface area (Å²) in [6, 6.07) is 1.81. The van der Waals surface area contributed by atoms with Crippen molar-refractivity contribution < 1.29 is 0 Å². The Morgan fingerprint density at radius 1 is 1.40 bits per heavy atom. The number of nitrogens with two attached hydrogens (primary N) is 1. The molecule has 0 bridgehead atoms. The molecule has 1 aromatic heterocycles. The average Bonchev–Trinajstić information content (AvgIpc) is 2.08. The third kappa shape index (κ3) is 4.37. The molecule has 1 unspecified atom stereocenters. The Bertz CT molecular complexity index is 326. The Labute approximate surface area is 101 Å². The van der Waals surface area contributed by atoms with Crippen molar-refractivity contribution in [3.63, 3.8) is 0 Å². The van der Waals surface area contributed by atoms with E-state index in [9.17, 15) is 0 Å². The Morgan fingerprint density at radius 2 is 2.07 bits per heavy atom. The first-order valence-corrected chi connectivity index (χ1v) is 5.80. The molecule has 0 spiro atoms. The van der Waals surface area contributed by atoms with Crippen LogP contribution in [0.3, 0.4) is 0 Å². The van der Waals surface area contributed by atoms with Crippen molar-refractivity contribution in [2.24, 2.45) is 11.7 Å². The first-order valence-electron chi connectivity index (χ1n) is 5.04. The molecule has 0 fully saturated rings. The lowest BCUT2D eigenvalue weighted by Crippen LogP contribution is -2.25. The van der Waals surface area contributed by atoms with Gasteiger partial charge < -0.3 is 5.73 Å². The van der Waals surface area contributed by atoms with Gasteiger partial charge in [0.05, 0.1) is 15.7 Å². The van der Waals surface area contributed by atoms with E-state index >= 15 is 0 Å². The van der Waals surface area contributed by atoms with Crippen LogP contribution in [0.25, 0.3) is 0 Å². The highest BCUT2D eigenvalue weighted by molar-refractivity contribution is 6.34. The normalized spacial score (nSPS) is 13.2. The van der Waals surface area contributed by atoms with Crippen molar-refractivity contribution in [1.29, 1.82) is 0 Å². The van der Waals surface area contributed by atoms with Gasteiger partial charge in [0.2, 0.25) is 0 Å². The first kappa shape index (κ1) is 12.8. The molecule has 1 atom stereocenters. The maximum absolute atomic E-state index is 6.01. The third-order valence-electron chi connectivity index (χ3n) is 2.11. The van der Waals surface area contributed by atoms with Gasteiger partial charge in [-0.3, -0.25) is 4.98 Å². The summed E-state index contributed by atoms with van der Waals surface area (Å²) in [4.78, 5) is 4.18. The summed E-state index contributed by atoms with van der Waals surface area (Å²) in [5.74, 6) is 0.589. The summed E-state index contributed by atoms with van der Waals surface area (Å²) in [6.45, 7) is 4.30. The van der Waals surface area contributed by atoms with E-state index in [2.05, 4.69) is 18.8 Å². The standard InChI is InChI=1S/C11H16Cl2N2/c1-7(2)3-9(14)5-11-10(13)4-8(12)6-15-11/h4,6-7,9H,3,5,14H2,1-2H3. The van der Waals surface area contributed by atoms with Gasteiger partial charge in [-0.2, -0.15) is 0 Å². The van der Waals surface area contributed by atoms with E-state index in [0.29, 0.717) is 22.4 Å². The predicted octanol–water partition coefficient (Wildman–Crippen LogP) is 3.30. The summed E-state index contributed by atoms with van der Waals surface area (Å²) in [6.07, 6.45) is 3.28. The molecule has 2 N–H and O–H groups in total. The van der Waals surface area contributed by atoms with Crippen LogP contribution in [-0.2, 0) is 6.42 Å². The zero-order valence-electron chi connectivity index (χ0n) is 9.00. The van der Waals surface area contributed by atoms with Crippen LogP contribution in [-0.4, -0.2) is 11.0 Å². The van der Waals surface area contributed by atoms with Gasteiger partial charge in [0, 0.05) is 18.7 Å². The molecular formula is C11H16Cl2N2. The molecule has 2 nitrogen and oxygen atoms in total. The van der Waals surface area contributed by atoms with Crippen LogP contribution < -0.4 is 5.73 Å². The Balaban J connectivity index is 2.64. The number of rotatable bonds is 4. The maximum atomic E-state index is 6.01. The molecule has 0 aliphatic rings. The molecular weight excluding hydrogens is 231 g/mol. The van der Waals surface area contributed by atoms with Crippen molar-refractivity contribution in [3.8, 4) is 0 Å². The fraction of sp³-hybridized carbons (Fsp3) is 0.545. The molecule has 1 heterocycles. The van der Waals surface area contributed by atoms with Gasteiger partial charge in [0.15, 0.2) is 0 Å². The lowest BCUT2D eigenvalue weighted by Gasteiger charge is -2.14. The number of pyridine rings is 1. The van der Waals surface area contributed by atoms with Crippen molar-refractivity contribution in [2.45, 2.75) is 32.7 Å². The molecule has 15 heavy (non-hydrogen) atoms. The molecule has 4 heteroatoms. The molecule has 1 rings (SSSR count). The summed E-state index contributed by atoms with van der Waals surface area (Å²) in [5.41, 5.74) is 6.81. The van der Waals surface area contributed by atoms with E-state index in [0.717, 1.165) is 12.1 Å². The Hall–Kier alpha value is -0.310. The Kier molecular flexibility index (Phi) is 4.84. The first-order chi connectivity index (χ1) is 6.99. The third-order valence-corrected chi connectivity index (χ3v) is 2.65. The highest BCUT2D eigenvalue weighted by Crippen LogP contribution is 2.20. The van der Waals surface area contributed by atoms with Crippen LogP contribution >= 0.6 is 23.2 Å². The van der Waals surface area contributed by atoms with Gasteiger partial charge in [0.25, 0.3) is 0 Å². The average molecular weight is 247 g/mol. The van der Waals surface area contributed by atoms with E-state index in [1.807, 2.05) is 0 Å². The minimum absolute atomic E-state index is 0.108. The molecule has 0 amide bonds. The number of nitrogens with zero attached hydrogens (tertiary/aromatic N) is 1. The van der Waals surface area contributed by atoms with Crippen molar-refractivity contribution >= 4 is 23.2 Å². The second-order valence-electron chi connectivity index (χ2n) is 4.18. The van der Waals surface area contributed by atoms with E-state index < -0.39 is 0 Å². The van der Waals surface area contributed by atoms with Gasteiger partial charge >= 0.3 is 0 Å². The van der Waals surface area contributed by atoms with Gasteiger partial charge in [-0.25, -0.2) is 0 Å². The predicted molar refractivity (Wildman–Crippen MR) is 65.4 cm³/mol. The summed E-state index contributed by atoms with van der Waals surface area (Å²) in [5, 5.41) is 1.16. The number of halogens is 2. The minimum Gasteiger partial charge on any atom is -0.327 e. The monoisotopic (exact) mass is 246 g/mol. The molecule has 84 valence electrons. The number of hydrogen-bond donors (Lipinski definition) is 1. The highest BCUT2D eigenvalue weighted by Gasteiger charge is 2.10. The number of hydrogen-bond acceptors (Lipinski definition) is 2. The minimum atomic E-state index is 0.108. The van der Waals surface area contributed by atoms with Crippen LogP contribution in [0.2, 0.25) is 10.0 Å². The molecule has 0 radical (unpaired) electrons. The van der Waals surface area contributed by atoms with Crippen LogP contribution in [0, 0.1) is 5.92 Å². The fourth-order valence-electron chi connectivity index (χ4n) is 1.53. The number of aromatic nitrogens is 1. The maximum Gasteiger partial charge on any atom is 0.0636 e. The summed E-state index contributed by atoms with van der Waals surface area (Å²) >= 11 is 11.8. The summed E-state index contributed by atoms with van der Waals surface area (Å²) < 4.78 is 0. The second kappa shape index (κ2) is 5.69. The zero-order chi connectivity index (χ0) is 11.4. The quantitative estimate of drug-likeness (QED) is 0.886. The van der Waals surface area contributed by atoms with Gasteiger partial charge in [-0.1, -0.05) is 37.0 Å². The van der Waals surface area contributed by atoms with Gasteiger partial charge in [-0.15, -0.1) is 0 Å². The largest absolute Gasteiger partial charge is 0.327 e. The molecule has 0 saturated heterocycles. The molecule has 0 saturated carbocycles. The smallest absolute Gasteiger partial charge is 0.0636 e. The zero-order valence-corrected chi connectivity index (χ0v) is 10.5. The van der Waals surface area contributed by atoms with E-state index in [1.54, 1.807) is 12.3 Å². The van der Waals surface area contributed by atoms with Crippen LogP contribution in [0.15, 0.2) is 12.3 Å². The van der Waals surface area contributed by atoms with Crippen molar-refractivity contribution in [2.75, 3.05) is 0 Å². The highest BCUT2D eigenvalue weighted by atomic mass is 35.5. The fourth-order valence-corrected chi connectivity index (χ4v) is 1.99. The van der Waals surface area contributed by atoms with E-state index in [1.165, 1.54) is 0 Å². The van der Waals surface area contributed by atoms with E-state index in [-0.39, 0.29) is 6.04 Å². The second-order valence-corrected chi connectivity index (χ2v) is 5.02. The van der Waals surface area contributed by atoms with Crippen LogP contribution in [0.1, 0.15) is 26.0 Å². The lowest BCUT2D eigenvalue weighted by atomic mass is 10.0. The topological polar surface area (TPSA) is 38.9 Å². The van der Waals surface area contributed by atoms with Crippen molar-refractivity contribution in [3.05, 3.63) is 28.0 Å². The molecule has 0 aliphatic heterocycles. The lowest BCUT2D eigenvalue weighted by molar-refractivity contribution is 0.490. The van der Waals surface area contributed by atoms with Gasteiger partial charge in [0.1, 0.15) is 0 Å².